The molecule has 4 atom stereocenters. The van der Waals surface area contributed by atoms with Crippen LogP contribution in [0.5, 0.6) is 0 Å². The van der Waals surface area contributed by atoms with Crippen LogP contribution >= 0.6 is 12.2 Å². The van der Waals surface area contributed by atoms with Gasteiger partial charge in [0.05, 0.1) is 11.2 Å². The molecule has 0 aromatic heterocycles. The number of isothiocyanates is 1. The highest BCUT2D eigenvalue weighted by Gasteiger charge is 2.49. The van der Waals surface area contributed by atoms with Crippen LogP contribution < -0.4 is 0 Å². The predicted molar refractivity (Wildman–Crippen MR) is 80.9 cm³/mol. The lowest BCUT2D eigenvalue weighted by Crippen LogP contribution is -2.47. The zero-order valence-electron chi connectivity index (χ0n) is 11.5. The van der Waals surface area contributed by atoms with E-state index >= 15 is 0 Å². The Labute approximate surface area is 116 Å². The van der Waals surface area contributed by atoms with Gasteiger partial charge in [0.15, 0.2) is 0 Å². The van der Waals surface area contributed by atoms with Gasteiger partial charge in [0.2, 0.25) is 0 Å². The van der Waals surface area contributed by atoms with Crippen molar-refractivity contribution < 1.29 is 0 Å². The first-order chi connectivity index (χ1) is 8.49. The van der Waals surface area contributed by atoms with E-state index in [1.165, 1.54) is 36.8 Å². The van der Waals surface area contributed by atoms with E-state index < -0.39 is 0 Å². The van der Waals surface area contributed by atoms with Crippen molar-refractivity contribution in [1.29, 1.82) is 0 Å². The summed E-state index contributed by atoms with van der Waals surface area (Å²) < 4.78 is 0. The van der Waals surface area contributed by atoms with Crippen molar-refractivity contribution in [3.63, 3.8) is 0 Å². The van der Waals surface area contributed by atoms with Gasteiger partial charge in [-0.1, -0.05) is 31.2 Å². The maximum Gasteiger partial charge on any atom is 0.0737 e. The Morgan fingerprint density at radius 2 is 2.22 bits per heavy atom. The van der Waals surface area contributed by atoms with Crippen molar-refractivity contribution in [2.45, 2.75) is 52.0 Å². The van der Waals surface area contributed by atoms with Crippen LogP contribution in [-0.4, -0.2) is 11.2 Å². The summed E-state index contributed by atoms with van der Waals surface area (Å²) in [5.74, 6) is 0.922. The van der Waals surface area contributed by atoms with Crippen molar-refractivity contribution in [1.82, 2.24) is 0 Å². The van der Waals surface area contributed by atoms with Gasteiger partial charge in [-0.25, -0.2) is 4.99 Å². The Balaban J connectivity index is 2.39. The van der Waals surface area contributed by atoms with Crippen molar-refractivity contribution >= 4 is 17.4 Å². The normalized spacial score (nSPS) is 39.7. The van der Waals surface area contributed by atoms with Gasteiger partial charge in [0.1, 0.15) is 0 Å². The first kappa shape index (κ1) is 13.7. The lowest BCUT2D eigenvalue weighted by atomic mass is 9.54. The molecule has 0 spiro atoms. The van der Waals surface area contributed by atoms with Crippen LogP contribution in [0, 0.1) is 17.3 Å². The van der Waals surface area contributed by atoms with Crippen LogP contribution in [0.3, 0.4) is 0 Å². The fourth-order valence-corrected chi connectivity index (χ4v) is 4.23. The van der Waals surface area contributed by atoms with Gasteiger partial charge in [-0.3, -0.25) is 0 Å². The highest BCUT2D eigenvalue weighted by Crippen LogP contribution is 2.55. The van der Waals surface area contributed by atoms with Crippen LogP contribution in [0.4, 0.5) is 0 Å². The minimum absolute atomic E-state index is 0.228. The summed E-state index contributed by atoms with van der Waals surface area (Å²) in [7, 11) is 0. The van der Waals surface area contributed by atoms with Crippen molar-refractivity contribution in [3.8, 4) is 0 Å². The molecule has 2 heteroatoms. The number of nitrogens with zero attached hydrogens (tertiary/aromatic N) is 1. The van der Waals surface area contributed by atoms with Crippen molar-refractivity contribution in [3.05, 3.63) is 24.3 Å². The quantitative estimate of drug-likeness (QED) is 0.395. The summed E-state index contributed by atoms with van der Waals surface area (Å²) >= 11 is 4.87. The van der Waals surface area contributed by atoms with Gasteiger partial charge in [0, 0.05) is 11.8 Å². The Hall–Kier alpha value is -0.720. The smallest absolute Gasteiger partial charge is 0.0737 e. The second kappa shape index (κ2) is 5.11. The van der Waals surface area contributed by atoms with Gasteiger partial charge < -0.3 is 0 Å². The second-order valence-electron chi connectivity index (χ2n) is 6.35. The van der Waals surface area contributed by atoms with E-state index in [1.807, 2.05) is 0 Å². The Bertz CT molecular complexity index is 419. The lowest BCUT2D eigenvalue weighted by molar-refractivity contribution is 0.0645. The molecule has 2 fully saturated rings. The lowest BCUT2D eigenvalue weighted by Gasteiger charge is -2.51. The second-order valence-corrected chi connectivity index (χ2v) is 6.53. The van der Waals surface area contributed by atoms with Crippen LogP contribution in [-0.2, 0) is 0 Å². The van der Waals surface area contributed by atoms with Crippen molar-refractivity contribution in [2.75, 3.05) is 0 Å². The highest BCUT2D eigenvalue weighted by molar-refractivity contribution is 7.78. The third-order valence-corrected chi connectivity index (χ3v) is 5.16. The van der Waals surface area contributed by atoms with Crippen LogP contribution in [0.25, 0.3) is 0 Å². The SMILES string of the molecule is C=C1CCC[C@]2(C)CC[C@@H](C(=C)C)[C@H](N=C=S)[C@@H]12. The van der Waals surface area contributed by atoms with Crippen LogP contribution in [0.1, 0.15) is 46.0 Å². The molecule has 0 heterocycles. The van der Waals surface area contributed by atoms with E-state index in [2.05, 4.69) is 37.2 Å². The van der Waals surface area contributed by atoms with Gasteiger partial charge >= 0.3 is 0 Å². The van der Waals surface area contributed by atoms with E-state index in [9.17, 15) is 0 Å². The molecule has 0 aromatic rings. The molecular weight excluding hydrogens is 238 g/mol. The maximum atomic E-state index is 4.87. The summed E-state index contributed by atoms with van der Waals surface area (Å²) in [5, 5.41) is 2.62. The Morgan fingerprint density at radius 1 is 1.50 bits per heavy atom. The molecule has 0 N–H and O–H groups in total. The molecule has 18 heavy (non-hydrogen) atoms. The summed E-state index contributed by atoms with van der Waals surface area (Å²) in [6.07, 6.45) is 6.16. The van der Waals surface area contributed by atoms with E-state index in [0.717, 1.165) is 6.42 Å². The zero-order valence-corrected chi connectivity index (χ0v) is 12.4. The number of fused-ring (bicyclic) bond motifs is 1. The summed E-state index contributed by atoms with van der Waals surface area (Å²) in [4.78, 5) is 4.51. The van der Waals surface area contributed by atoms with E-state index in [4.69, 9.17) is 12.2 Å². The number of hydrogen-bond donors (Lipinski definition) is 0. The fraction of sp³-hybridized carbons (Fsp3) is 0.688. The molecule has 0 unspecified atom stereocenters. The van der Waals surface area contributed by atoms with Gasteiger partial charge in [-0.15, -0.1) is 0 Å². The van der Waals surface area contributed by atoms with Crippen LogP contribution in [0.2, 0.25) is 0 Å². The van der Waals surface area contributed by atoms with E-state index in [-0.39, 0.29) is 6.04 Å². The molecule has 2 aliphatic rings. The number of thiocarbonyl (C=S) groups is 1. The van der Waals surface area contributed by atoms with Gasteiger partial charge in [-0.05, 0) is 56.7 Å². The molecule has 2 aliphatic carbocycles. The standard InChI is InChI=1S/C16H23NS/c1-11(2)13-7-9-16(4)8-5-6-12(3)14(16)15(13)17-10-18/h13-15H,1,3,5-9H2,2,4H3/t13-,14+,15-,16+/m0/s1. The van der Waals surface area contributed by atoms with Gasteiger partial charge in [0.25, 0.3) is 0 Å². The molecule has 0 aliphatic heterocycles. The first-order valence-corrected chi connectivity index (χ1v) is 7.30. The molecule has 0 amide bonds. The fourth-order valence-electron chi connectivity index (χ4n) is 4.11. The third-order valence-electron chi connectivity index (χ3n) is 5.05. The maximum absolute atomic E-state index is 4.87. The predicted octanol–water partition coefficient (Wildman–Crippen LogP) is 4.81. The summed E-state index contributed by atoms with van der Waals surface area (Å²) in [6, 6.07) is 0.228. The molecule has 0 aromatic carbocycles. The molecule has 98 valence electrons. The summed E-state index contributed by atoms with van der Waals surface area (Å²) in [6.45, 7) is 13.0. The molecule has 1 nitrogen and oxygen atoms in total. The molecule has 0 radical (unpaired) electrons. The summed E-state index contributed by atoms with van der Waals surface area (Å²) in [5.41, 5.74) is 2.96. The zero-order chi connectivity index (χ0) is 13.3. The molecule has 2 saturated carbocycles. The molecule has 2 rings (SSSR count). The number of rotatable bonds is 2. The number of aliphatic imine (C=N–C) groups is 1. The largest absolute Gasteiger partial charge is 0.228 e. The van der Waals surface area contributed by atoms with Crippen LogP contribution in [0.15, 0.2) is 29.3 Å². The average Bonchev–Trinajstić information content (AvgIpc) is 2.28. The topological polar surface area (TPSA) is 12.4 Å². The van der Waals surface area contributed by atoms with Crippen molar-refractivity contribution in [2.24, 2.45) is 22.2 Å². The molecule has 0 bridgehead atoms. The third kappa shape index (κ3) is 2.24. The first-order valence-electron chi connectivity index (χ1n) is 6.89. The Kier molecular flexibility index (Phi) is 3.89. The minimum Gasteiger partial charge on any atom is -0.228 e. The van der Waals surface area contributed by atoms with E-state index in [1.54, 1.807) is 0 Å². The average molecular weight is 261 g/mol. The Morgan fingerprint density at radius 3 is 2.83 bits per heavy atom. The number of hydrogen-bond acceptors (Lipinski definition) is 2. The molecule has 0 saturated heterocycles. The van der Waals surface area contributed by atoms with E-state index in [0.29, 0.717) is 17.3 Å². The monoisotopic (exact) mass is 261 g/mol. The molecular formula is C16H23NS. The van der Waals surface area contributed by atoms with Gasteiger partial charge in [-0.2, -0.15) is 0 Å². The highest BCUT2D eigenvalue weighted by atomic mass is 32.1. The minimum atomic E-state index is 0.228.